The second-order valence-electron chi connectivity index (χ2n) is 7.31. The average Bonchev–Trinajstić information content (AvgIpc) is 2.62. The smallest absolute Gasteiger partial charge is 0.328 e. The van der Waals surface area contributed by atoms with E-state index >= 15 is 0 Å². The van der Waals surface area contributed by atoms with Crippen LogP contribution in [0.4, 0.5) is 0 Å². The molecule has 2 unspecified atom stereocenters. The van der Waals surface area contributed by atoms with E-state index in [1.807, 2.05) is 34.6 Å². The fourth-order valence-electron chi connectivity index (χ4n) is 3.16. The van der Waals surface area contributed by atoms with E-state index in [1.54, 1.807) is 0 Å². The van der Waals surface area contributed by atoms with E-state index in [0.717, 1.165) is 18.1 Å². The van der Waals surface area contributed by atoms with Crippen molar-refractivity contribution in [3.63, 3.8) is 0 Å². The summed E-state index contributed by atoms with van der Waals surface area (Å²) >= 11 is 0. The van der Waals surface area contributed by atoms with Crippen LogP contribution in [0.2, 0.25) is 37.8 Å². The molecule has 0 N–H and O–H groups in total. The van der Waals surface area contributed by atoms with Crippen molar-refractivity contribution in [2.24, 2.45) is 0 Å². The molecule has 0 rings (SSSR count). The Hall–Kier alpha value is 0.371. The molecule has 29 heavy (non-hydrogen) atoms. The number of ether oxygens (including phenoxy) is 3. The van der Waals surface area contributed by atoms with E-state index in [0.29, 0.717) is 52.9 Å². The summed E-state index contributed by atoms with van der Waals surface area (Å²) in [6.45, 7) is 21.6. The Morgan fingerprint density at radius 2 is 0.759 bits per heavy atom. The lowest BCUT2D eigenvalue weighted by Gasteiger charge is -2.41. The van der Waals surface area contributed by atoms with E-state index in [4.69, 9.17) is 31.3 Å². The van der Waals surface area contributed by atoms with E-state index in [9.17, 15) is 0 Å². The molecular formula is C19H46O7Si3. The summed E-state index contributed by atoms with van der Waals surface area (Å²) in [6.07, 6.45) is 0. The minimum absolute atomic E-state index is 0.614. The molecule has 10 heteroatoms. The van der Waals surface area contributed by atoms with Gasteiger partial charge in [-0.15, -0.1) is 0 Å². The van der Waals surface area contributed by atoms with Crippen LogP contribution in [0.25, 0.3) is 0 Å². The summed E-state index contributed by atoms with van der Waals surface area (Å²) in [6, 6.07) is 2.30. The molecule has 0 aromatic heterocycles. The Morgan fingerprint density at radius 1 is 0.448 bits per heavy atom. The number of rotatable bonds is 20. The summed E-state index contributed by atoms with van der Waals surface area (Å²) in [4.78, 5) is 0. The Kier molecular flexibility index (Phi) is 16.3. The summed E-state index contributed by atoms with van der Waals surface area (Å²) in [5.74, 6) is 0. The van der Waals surface area contributed by atoms with Crippen molar-refractivity contribution in [2.45, 2.75) is 72.4 Å². The average molecular weight is 471 g/mol. The van der Waals surface area contributed by atoms with Gasteiger partial charge in [0.2, 0.25) is 0 Å². The zero-order valence-electron chi connectivity index (χ0n) is 20.1. The summed E-state index contributed by atoms with van der Waals surface area (Å²) in [5, 5.41) is 0. The molecule has 0 spiro atoms. The van der Waals surface area contributed by atoms with Crippen molar-refractivity contribution in [2.75, 3.05) is 52.9 Å². The molecule has 0 aromatic rings. The van der Waals surface area contributed by atoms with Gasteiger partial charge < -0.3 is 31.3 Å². The van der Waals surface area contributed by atoms with Crippen LogP contribution in [0.5, 0.6) is 0 Å². The highest BCUT2D eigenvalue weighted by Crippen LogP contribution is 2.29. The highest BCUT2D eigenvalue weighted by Gasteiger charge is 2.48. The molecule has 0 aromatic carbocycles. The molecule has 0 heterocycles. The van der Waals surface area contributed by atoms with Crippen LogP contribution in [0.15, 0.2) is 0 Å². The van der Waals surface area contributed by atoms with Crippen molar-refractivity contribution in [3.8, 4) is 0 Å². The third-order valence-electron chi connectivity index (χ3n) is 4.48. The van der Waals surface area contributed by atoms with Gasteiger partial charge in [-0.05, 0) is 54.3 Å². The van der Waals surface area contributed by atoms with Gasteiger partial charge in [0.1, 0.15) is 0 Å². The maximum Gasteiger partial charge on any atom is 0.328 e. The first-order valence-corrected chi connectivity index (χ1v) is 18.7. The maximum absolute atomic E-state index is 6.79. The molecule has 2 atom stereocenters. The van der Waals surface area contributed by atoms with Crippen LogP contribution in [0.1, 0.15) is 34.6 Å². The molecular weight excluding hydrogens is 424 g/mol. The third kappa shape index (κ3) is 13.4. The Morgan fingerprint density at radius 3 is 1.03 bits per heavy atom. The normalized spacial score (nSPS) is 18.2. The first-order valence-electron chi connectivity index (χ1n) is 11.1. The van der Waals surface area contributed by atoms with Gasteiger partial charge in [0.05, 0.1) is 0 Å². The first-order chi connectivity index (χ1) is 13.7. The summed E-state index contributed by atoms with van der Waals surface area (Å²) in [5.41, 5.74) is 0. The minimum atomic E-state index is -2.61. The molecule has 0 fully saturated rings. The van der Waals surface area contributed by atoms with Crippen LogP contribution >= 0.6 is 0 Å². The Balaban J connectivity index is 5.45. The van der Waals surface area contributed by atoms with Crippen molar-refractivity contribution in [3.05, 3.63) is 0 Å². The zero-order valence-corrected chi connectivity index (χ0v) is 23.1. The quantitative estimate of drug-likeness (QED) is 0.193. The molecule has 7 nitrogen and oxygen atoms in total. The topological polar surface area (TPSA) is 64.6 Å². The Bertz CT molecular complexity index is 378. The van der Waals surface area contributed by atoms with Crippen LogP contribution < -0.4 is 0 Å². The molecule has 0 bridgehead atoms. The summed E-state index contributed by atoms with van der Waals surface area (Å²) < 4.78 is 42.7. The maximum atomic E-state index is 6.79. The monoisotopic (exact) mass is 470 g/mol. The molecule has 0 amide bonds. The number of hydrogen-bond donors (Lipinski definition) is 0. The van der Waals surface area contributed by atoms with E-state index in [-0.39, 0.29) is 0 Å². The Labute approximate surface area is 182 Å². The molecule has 0 aliphatic carbocycles. The van der Waals surface area contributed by atoms with E-state index in [2.05, 4.69) is 19.6 Å². The number of hydrogen-bond acceptors (Lipinski definition) is 7. The van der Waals surface area contributed by atoms with Crippen LogP contribution in [-0.2, 0) is 31.3 Å². The lowest BCUT2D eigenvalue weighted by atomic mass is 10.8. The molecule has 0 aliphatic rings. The fourth-order valence-corrected chi connectivity index (χ4v) is 16.2. The largest absolute Gasteiger partial charge is 0.415 e. The second-order valence-corrected chi connectivity index (χ2v) is 17.8. The van der Waals surface area contributed by atoms with Gasteiger partial charge in [-0.25, -0.2) is 0 Å². The minimum Gasteiger partial charge on any atom is -0.415 e. The van der Waals surface area contributed by atoms with Crippen LogP contribution in [-0.4, -0.2) is 78.5 Å². The zero-order chi connectivity index (χ0) is 22.2. The van der Waals surface area contributed by atoms with Crippen molar-refractivity contribution < 1.29 is 31.3 Å². The van der Waals surface area contributed by atoms with Gasteiger partial charge in [0.25, 0.3) is 0 Å². The van der Waals surface area contributed by atoms with E-state index < -0.39 is 25.7 Å². The van der Waals surface area contributed by atoms with Gasteiger partial charge in [-0.3, -0.25) is 0 Å². The predicted octanol–water partition coefficient (Wildman–Crippen LogP) is 4.42. The molecule has 176 valence electrons. The fraction of sp³-hybridized carbons (Fsp3) is 1.00. The van der Waals surface area contributed by atoms with Crippen molar-refractivity contribution >= 4 is 25.7 Å². The molecule has 0 radical (unpaired) electrons. The highest BCUT2D eigenvalue weighted by atomic mass is 28.5. The van der Waals surface area contributed by atoms with E-state index in [1.165, 1.54) is 0 Å². The van der Waals surface area contributed by atoms with Crippen LogP contribution in [0.3, 0.4) is 0 Å². The standard InChI is InChI=1S/C19H46O7Si3/c1-9-20-14-17-27(6,23-12-4)25-29(8,19-16-22-11-3)26-28(7,24-13-5)18-15-21-10-2/h9-19H2,1-8H3. The van der Waals surface area contributed by atoms with Gasteiger partial charge in [0, 0.05) is 71.0 Å². The SMILES string of the molecule is CCOCC[Si](C)(OCC)O[Si](C)(CCOCC)O[Si](C)(CCOCC)OCC. The molecule has 0 saturated heterocycles. The molecule has 0 saturated carbocycles. The lowest BCUT2D eigenvalue weighted by molar-refractivity contribution is 0.135. The van der Waals surface area contributed by atoms with Gasteiger partial charge in [-0.2, -0.15) is 0 Å². The first kappa shape index (κ1) is 29.4. The predicted molar refractivity (Wildman–Crippen MR) is 124 cm³/mol. The van der Waals surface area contributed by atoms with Crippen LogP contribution in [0, 0.1) is 0 Å². The lowest BCUT2D eigenvalue weighted by Crippen LogP contribution is -2.58. The highest BCUT2D eigenvalue weighted by molar-refractivity contribution is 6.85. The van der Waals surface area contributed by atoms with Crippen molar-refractivity contribution in [1.82, 2.24) is 0 Å². The second kappa shape index (κ2) is 16.1. The molecule has 0 aliphatic heterocycles. The summed E-state index contributed by atoms with van der Waals surface area (Å²) in [7, 11) is -7.52. The van der Waals surface area contributed by atoms with Gasteiger partial charge in [0.15, 0.2) is 0 Å². The van der Waals surface area contributed by atoms with Gasteiger partial charge in [-0.1, -0.05) is 0 Å². The van der Waals surface area contributed by atoms with Crippen molar-refractivity contribution in [1.29, 1.82) is 0 Å². The van der Waals surface area contributed by atoms with Gasteiger partial charge >= 0.3 is 25.7 Å². The third-order valence-corrected chi connectivity index (χ3v) is 16.5.